The summed E-state index contributed by atoms with van der Waals surface area (Å²) < 4.78 is 3.82. The molecule has 4 aromatic rings. The van der Waals surface area contributed by atoms with Crippen LogP contribution >= 0.6 is 0 Å². The van der Waals surface area contributed by atoms with Crippen LogP contribution in [0.4, 0.5) is 0 Å². The summed E-state index contributed by atoms with van der Waals surface area (Å²) in [7, 11) is 0. The molecule has 38 heavy (non-hydrogen) atoms. The van der Waals surface area contributed by atoms with Gasteiger partial charge in [-0.2, -0.15) is 0 Å². The largest absolute Gasteiger partial charge is 0.505 e. The molecule has 1 saturated heterocycles. The molecule has 1 aliphatic rings. The van der Waals surface area contributed by atoms with Crippen molar-refractivity contribution in [2.45, 2.75) is 59.0 Å². The predicted molar refractivity (Wildman–Crippen MR) is 146 cm³/mol. The number of aryl methyl sites for hydroxylation is 3. The standard InChI is InChI=1S/C30H33N5O3/c1-19-8-6-15-34-20(2)24(32-28(19)34)26(36)23-25(21-9-11-22(12-10-21)30(3,4)5)35(29(38)27(23)37)16-7-14-33-17-13-31-18-33/h6,8-13,15,17-18,25,36H,7,14,16H2,1-5H3. The second kappa shape index (κ2) is 9.59. The molecule has 8 nitrogen and oxygen atoms in total. The van der Waals surface area contributed by atoms with E-state index in [9.17, 15) is 14.7 Å². The number of carbonyl (C=O) groups is 2. The Morgan fingerprint density at radius 3 is 2.39 bits per heavy atom. The van der Waals surface area contributed by atoms with Crippen molar-refractivity contribution in [2.75, 3.05) is 6.54 Å². The third kappa shape index (κ3) is 4.40. The van der Waals surface area contributed by atoms with Crippen LogP contribution in [0.5, 0.6) is 0 Å². The molecular weight excluding hydrogens is 478 g/mol. The van der Waals surface area contributed by atoms with Gasteiger partial charge in [-0.3, -0.25) is 9.59 Å². The normalized spacial score (nSPS) is 17.6. The number of pyridine rings is 1. The topological polar surface area (TPSA) is 92.7 Å². The molecule has 3 aromatic heterocycles. The van der Waals surface area contributed by atoms with E-state index in [0.29, 0.717) is 36.5 Å². The average molecular weight is 512 g/mol. The molecule has 0 spiro atoms. The second-order valence-electron chi connectivity index (χ2n) is 10.9. The van der Waals surface area contributed by atoms with Gasteiger partial charge in [0.25, 0.3) is 11.7 Å². The van der Waals surface area contributed by atoms with Crippen LogP contribution in [0.3, 0.4) is 0 Å². The minimum atomic E-state index is -0.711. The molecule has 5 rings (SSSR count). The van der Waals surface area contributed by atoms with Gasteiger partial charge in [-0.1, -0.05) is 51.1 Å². The third-order valence-corrected chi connectivity index (χ3v) is 7.32. The van der Waals surface area contributed by atoms with Crippen molar-refractivity contribution in [1.29, 1.82) is 0 Å². The van der Waals surface area contributed by atoms with E-state index in [1.165, 1.54) is 0 Å². The van der Waals surface area contributed by atoms with Crippen LogP contribution in [0.15, 0.2) is 66.9 Å². The van der Waals surface area contributed by atoms with Crippen LogP contribution in [0.25, 0.3) is 11.4 Å². The fraction of sp³-hybridized carbons (Fsp3) is 0.333. The van der Waals surface area contributed by atoms with E-state index in [2.05, 4.69) is 30.7 Å². The number of Topliss-reactive ketones (excluding diaryl/α,β-unsaturated/α-hetero) is 1. The highest BCUT2D eigenvalue weighted by molar-refractivity contribution is 6.46. The second-order valence-corrected chi connectivity index (χ2v) is 10.9. The van der Waals surface area contributed by atoms with Crippen molar-refractivity contribution < 1.29 is 14.7 Å². The number of amides is 1. The molecule has 8 heteroatoms. The molecule has 0 bridgehead atoms. The molecule has 1 N–H and O–H groups in total. The average Bonchev–Trinajstić information content (AvgIpc) is 3.58. The maximum Gasteiger partial charge on any atom is 0.295 e. The zero-order chi connectivity index (χ0) is 27.2. The maximum atomic E-state index is 13.5. The lowest BCUT2D eigenvalue weighted by Gasteiger charge is -2.26. The molecule has 0 aliphatic carbocycles. The summed E-state index contributed by atoms with van der Waals surface area (Å²) in [4.78, 5) is 37.1. The number of hydrogen-bond donors (Lipinski definition) is 1. The Hall–Kier alpha value is -4.20. The van der Waals surface area contributed by atoms with Gasteiger partial charge in [0.05, 0.1) is 23.6 Å². The molecule has 1 fully saturated rings. The van der Waals surface area contributed by atoms with Crippen LogP contribution < -0.4 is 0 Å². The lowest BCUT2D eigenvalue weighted by Crippen LogP contribution is -2.31. The SMILES string of the molecule is Cc1cccn2c(C)c(C(O)=C3C(=O)C(=O)N(CCCn4ccnc4)C3c3ccc(C(C)(C)C)cc3)nc12. The number of carbonyl (C=O) groups excluding carboxylic acids is 2. The molecule has 196 valence electrons. The Bertz CT molecular complexity index is 1540. The van der Waals surface area contributed by atoms with Gasteiger partial charge in [-0.15, -0.1) is 0 Å². The molecule has 1 aromatic carbocycles. The lowest BCUT2D eigenvalue weighted by molar-refractivity contribution is -0.139. The number of ketones is 1. The Morgan fingerprint density at radius 2 is 1.76 bits per heavy atom. The van der Waals surface area contributed by atoms with E-state index in [0.717, 1.165) is 16.7 Å². The van der Waals surface area contributed by atoms with Crippen LogP contribution in [-0.2, 0) is 21.5 Å². The summed E-state index contributed by atoms with van der Waals surface area (Å²) in [6.45, 7) is 11.2. The van der Waals surface area contributed by atoms with Gasteiger partial charge in [0.1, 0.15) is 11.3 Å². The first-order valence-electron chi connectivity index (χ1n) is 12.9. The first kappa shape index (κ1) is 25.4. The number of imidazole rings is 2. The quantitative estimate of drug-likeness (QED) is 0.224. The van der Waals surface area contributed by atoms with Crippen LogP contribution in [0, 0.1) is 13.8 Å². The van der Waals surface area contributed by atoms with E-state index in [-0.39, 0.29) is 16.7 Å². The molecule has 4 heterocycles. The number of benzene rings is 1. The number of nitrogens with zero attached hydrogens (tertiary/aromatic N) is 5. The van der Waals surface area contributed by atoms with E-state index in [1.807, 2.05) is 71.6 Å². The highest BCUT2D eigenvalue weighted by Crippen LogP contribution is 2.40. The van der Waals surface area contributed by atoms with Crippen LogP contribution in [-0.4, -0.2) is 47.2 Å². The molecule has 1 amide bonds. The van der Waals surface area contributed by atoms with E-state index < -0.39 is 17.7 Å². The summed E-state index contributed by atoms with van der Waals surface area (Å²) in [6.07, 6.45) is 7.81. The Morgan fingerprint density at radius 1 is 1.03 bits per heavy atom. The number of rotatable bonds is 6. The summed E-state index contributed by atoms with van der Waals surface area (Å²) >= 11 is 0. The van der Waals surface area contributed by atoms with E-state index in [1.54, 1.807) is 17.4 Å². The maximum absolute atomic E-state index is 13.5. The number of hydrogen-bond acceptors (Lipinski definition) is 5. The van der Waals surface area contributed by atoms with Gasteiger partial charge in [0.15, 0.2) is 5.76 Å². The molecule has 1 aliphatic heterocycles. The van der Waals surface area contributed by atoms with Gasteiger partial charge in [0, 0.05) is 31.7 Å². The number of fused-ring (bicyclic) bond motifs is 1. The van der Waals surface area contributed by atoms with E-state index in [4.69, 9.17) is 0 Å². The van der Waals surface area contributed by atoms with Crippen LogP contribution in [0.1, 0.15) is 61.3 Å². The van der Waals surface area contributed by atoms with Crippen molar-refractivity contribution in [1.82, 2.24) is 23.8 Å². The fourth-order valence-electron chi connectivity index (χ4n) is 5.14. The van der Waals surface area contributed by atoms with Gasteiger partial charge < -0.3 is 19.0 Å². The molecule has 0 radical (unpaired) electrons. The van der Waals surface area contributed by atoms with Gasteiger partial charge in [0.2, 0.25) is 0 Å². The van der Waals surface area contributed by atoms with Crippen molar-refractivity contribution in [3.8, 4) is 0 Å². The zero-order valence-electron chi connectivity index (χ0n) is 22.5. The molecule has 0 saturated carbocycles. The number of aliphatic hydroxyl groups is 1. The fourth-order valence-corrected chi connectivity index (χ4v) is 5.14. The first-order chi connectivity index (χ1) is 18.1. The van der Waals surface area contributed by atoms with Gasteiger partial charge in [-0.25, -0.2) is 9.97 Å². The first-order valence-corrected chi connectivity index (χ1v) is 12.9. The Balaban J connectivity index is 1.61. The predicted octanol–water partition coefficient (Wildman–Crippen LogP) is 4.96. The smallest absolute Gasteiger partial charge is 0.295 e. The van der Waals surface area contributed by atoms with Crippen LogP contribution in [0.2, 0.25) is 0 Å². The summed E-state index contributed by atoms with van der Waals surface area (Å²) in [6, 6.07) is 11.1. The third-order valence-electron chi connectivity index (χ3n) is 7.32. The number of aliphatic hydroxyl groups excluding tert-OH is 1. The van der Waals surface area contributed by atoms with E-state index >= 15 is 0 Å². The minimum absolute atomic E-state index is 0.0450. The summed E-state index contributed by atoms with van der Waals surface area (Å²) in [5.74, 6) is -1.55. The lowest BCUT2D eigenvalue weighted by atomic mass is 9.85. The summed E-state index contributed by atoms with van der Waals surface area (Å²) in [5.41, 5.74) is 4.61. The zero-order valence-corrected chi connectivity index (χ0v) is 22.5. The van der Waals surface area contributed by atoms with Crippen molar-refractivity contribution in [3.63, 3.8) is 0 Å². The summed E-state index contributed by atoms with van der Waals surface area (Å²) in [5, 5.41) is 11.6. The monoisotopic (exact) mass is 511 g/mol. The van der Waals surface area contributed by atoms with Gasteiger partial charge >= 0.3 is 0 Å². The number of likely N-dealkylation sites (tertiary alicyclic amines) is 1. The molecule has 1 unspecified atom stereocenters. The highest BCUT2D eigenvalue weighted by Gasteiger charge is 2.46. The minimum Gasteiger partial charge on any atom is -0.505 e. The Kier molecular flexibility index (Phi) is 6.42. The highest BCUT2D eigenvalue weighted by atomic mass is 16.3. The van der Waals surface area contributed by atoms with Crippen molar-refractivity contribution in [3.05, 3.63) is 95.0 Å². The molecular formula is C30H33N5O3. The molecule has 1 atom stereocenters. The van der Waals surface area contributed by atoms with Crippen molar-refractivity contribution in [2.24, 2.45) is 0 Å². The Labute approximate surface area is 222 Å². The van der Waals surface area contributed by atoms with Crippen molar-refractivity contribution >= 4 is 23.1 Å². The number of aromatic nitrogens is 4. The van der Waals surface area contributed by atoms with Gasteiger partial charge in [-0.05, 0) is 48.4 Å².